The summed E-state index contributed by atoms with van der Waals surface area (Å²) in [6, 6.07) is 9.91. The van der Waals surface area contributed by atoms with E-state index in [0.29, 0.717) is 34.5 Å². The SMILES string of the molecule is CC(=O)N[C@@H](C(=O)N1[C@H]2CC[C@H]1CC(NC(=O)c1nc3ccc([N+](=O)[O-])cc3[nH]1)C2)c1cccc(Cl)c1. The van der Waals surface area contributed by atoms with E-state index in [1.807, 2.05) is 4.90 Å². The smallest absolute Gasteiger partial charge is 0.287 e. The third kappa shape index (κ3) is 4.99. The molecule has 3 atom stereocenters. The number of carbonyl (C=O) groups excluding carboxylic acids is 3. The summed E-state index contributed by atoms with van der Waals surface area (Å²) in [4.78, 5) is 57.9. The largest absolute Gasteiger partial charge is 0.346 e. The number of nitrogens with one attached hydrogen (secondary N) is 3. The third-order valence-corrected chi connectivity index (χ3v) is 7.23. The molecule has 3 aromatic rings. The molecule has 0 radical (unpaired) electrons. The third-order valence-electron chi connectivity index (χ3n) is 6.99. The van der Waals surface area contributed by atoms with Gasteiger partial charge in [0.15, 0.2) is 5.82 Å². The molecule has 0 spiro atoms. The van der Waals surface area contributed by atoms with Gasteiger partial charge in [-0.05, 0) is 49.4 Å². The molecule has 2 bridgehead atoms. The molecule has 0 aliphatic carbocycles. The lowest BCUT2D eigenvalue weighted by molar-refractivity contribution is -0.384. The number of aromatic amines is 1. The molecule has 37 heavy (non-hydrogen) atoms. The number of aromatic nitrogens is 2. The number of rotatable bonds is 6. The molecule has 2 fully saturated rings. The fourth-order valence-electron chi connectivity index (χ4n) is 5.45. The summed E-state index contributed by atoms with van der Waals surface area (Å²) < 4.78 is 0. The topological polar surface area (TPSA) is 150 Å². The fourth-order valence-corrected chi connectivity index (χ4v) is 5.65. The van der Waals surface area contributed by atoms with Gasteiger partial charge >= 0.3 is 0 Å². The first-order chi connectivity index (χ1) is 17.7. The number of hydrogen-bond acceptors (Lipinski definition) is 6. The van der Waals surface area contributed by atoms with E-state index in [2.05, 4.69) is 20.6 Å². The summed E-state index contributed by atoms with van der Waals surface area (Å²) in [6.45, 7) is 1.37. The average Bonchev–Trinajstić information content (AvgIpc) is 3.40. The van der Waals surface area contributed by atoms with E-state index in [9.17, 15) is 24.5 Å². The maximum absolute atomic E-state index is 13.6. The predicted molar refractivity (Wildman–Crippen MR) is 135 cm³/mol. The number of amides is 3. The average molecular weight is 525 g/mol. The Labute approximate surface area is 216 Å². The van der Waals surface area contributed by atoms with Gasteiger partial charge in [0.1, 0.15) is 6.04 Å². The zero-order valence-electron chi connectivity index (χ0n) is 19.9. The number of carbonyl (C=O) groups is 3. The second-order valence-corrected chi connectivity index (χ2v) is 9.94. The van der Waals surface area contributed by atoms with Gasteiger partial charge in [0.05, 0.1) is 16.0 Å². The van der Waals surface area contributed by atoms with Crippen LogP contribution in [0.1, 0.15) is 54.8 Å². The van der Waals surface area contributed by atoms with Crippen molar-refractivity contribution in [2.45, 2.75) is 56.8 Å². The van der Waals surface area contributed by atoms with Crippen molar-refractivity contribution in [2.24, 2.45) is 0 Å². The summed E-state index contributed by atoms with van der Waals surface area (Å²) in [5, 5.41) is 17.3. The minimum atomic E-state index is -0.843. The van der Waals surface area contributed by atoms with Gasteiger partial charge in [-0.2, -0.15) is 0 Å². The van der Waals surface area contributed by atoms with E-state index in [0.717, 1.165) is 12.8 Å². The monoisotopic (exact) mass is 524 g/mol. The molecule has 3 heterocycles. The Bertz CT molecular complexity index is 1390. The van der Waals surface area contributed by atoms with Crippen molar-refractivity contribution in [3.63, 3.8) is 0 Å². The van der Waals surface area contributed by atoms with Crippen molar-refractivity contribution in [1.82, 2.24) is 25.5 Å². The Kier molecular flexibility index (Phi) is 6.55. The number of H-pyrrole nitrogens is 1. The van der Waals surface area contributed by atoms with Gasteiger partial charge in [-0.25, -0.2) is 4.98 Å². The van der Waals surface area contributed by atoms with Crippen molar-refractivity contribution in [3.8, 4) is 0 Å². The van der Waals surface area contributed by atoms with E-state index >= 15 is 0 Å². The standard InChI is InChI=1S/C25H25ClN6O5/c1-13(33)27-22(14-3-2-4-15(26)9-14)25(35)31-17-5-6-18(31)11-16(10-17)28-24(34)23-29-20-8-7-19(32(36)37)12-21(20)30-23/h2-4,7-9,12,16-18,22H,5-6,10-11H2,1H3,(H,27,33)(H,28,34)(H,29,30)/t17-,18-,22+/m0/s1. The highest BCUT2D eigenvalue weighted by Gasteiger charge is 2.45. The van der Waals surface area contributed by atoms with Gasteiger partial charge in [0.25, 0.3) is 11.6 Å². The van der Waals surface area contributed by atoms with Crippen LogP contribution in [0, 0.1) is 10.1 Å². The minimum Gasteiger partial charge on any atom is -0.346 e. The first-order valence-electron chi connectivity index (χ1n) is 12.0. The number of piperidine rings is 1. The highest BCUT2D eigenvalue weighted by molar-refractivity contribution is 6.30. The van der Waals surface area contributed by atoms with Crippen molar-refractivity contribution in [1.29, 1.82) is 0 Å². The van der Waals surface area contributed by atoms with E-state index in [1.54, 1.807) is 24.3 Å². The number of hydrogen-bond donors (Lipinski definition) is 3. The van der Waals surface area contributed by atoms with Crippen LogP contribution in [-0.4, -0.2) is 55.6 Å². The first kappa shape index (κ1) is 24.7. The molecule has 2 saturated heterocycles. The van der Waals surface area contributed by atoms with E-state index in [4.69, 9.17) is 11.6 Å². The van der Waals surface area contributed by atoms with Crippen LogP contribution in [0.2, 0.25) is 5.02 Å². The zero-order chi connectivity index (χ0) is 26.3. The van der Waals surface area contributed by atoms with Crippen molar-refractivity contribution in [3.05, 3.63) is 69.0 Å². The summed E-state index contributed by atoms with van der Waals surface area (Å²) in [5.74, 6) is -0.830. The second kappa shape index (κ2) is 9.81. The number of halogens is 1. The van der Waals surface area contributed by atoms with Gasteiger partial charge in [-0.15, -0.1) is 0 Å². The highest BCUT2D eigenvalue weighted by atomic mass is 35.5. The molecule has 3 amide bonds. The molecule has 2 aliphatic rings. The number of fused-ring (bicyclic) bond motifs is 3. The first-order valence-corrected chi connectivity index (χ1v) is 12.4. The molecule has 3 N–H and O–H groups in total. The normalized spacial score (nSPS) is 21.5. The lowest BCUT2D eigenvalue weighted by atomic mass is 9.95. The molecule has 12 heteroatoms. The van der Waals surface area contributed by atoms with Crippen LogP contribution in [0.3, 0.4) is 0 Å². The molecule has 0 unspecified atom stereocenters. The number of benzene rings is 2. The molecule has 11 nitrogen and oxygen atoms in total. The predicted octanol–water partition coefficient (Wildman–Crippen LogP) is 3.25. The van der Waals surface area contributed by atoms with Crippen LogP contribution in [0.25, 0.3) is 11.0 Å². The Morgan fingerprint density at radius 1 is 1.16 bits per heavy atom. The van der Waals surface area contributed by atoms with Crippen LogP contribution in [0.15, 0.2) is 42.5 Å². The molecule has 2 aromatic carbocycles. The quantitative estimate of drug-likeness (QED) is 0.332. The van der Waals surface area contributed by atoms with Crippen LogP contribution in [0.5, 0.6) is 0 Å². The lowest BCUT2D eigenvalue weighted by Gasteiger charge is -2.40. The summed E-state index contributed by atoms with van der Waals surface area (Å²) in [7, 11) is 0. The highest BCUT2D eigenvalue weighted by Crippen LogP contribution is 2.38. The molecule has 2 aliphatic heterocycles. The number of nitrogens with zero attached hydrogens (tertiary/aromatic N) is 3. The Hall–Kier alpha value is -3.99. The van der Waals surface area contributed by atoms with Crippen LogP contribution in [-0.2, 0) is 9.59 Å². The van der Waals surface area contributed by atoms with Crippen LogP contribution < -0.4 is 10.6 Å². The Morgan fingerprint density at radius 2 is 1.89 bits per heavy atom. The lowest BCUT2D eigenvalue weighted by Crippen LogP contribution is -2.55. The fraction of sp³-hybridized carbons (Fsp3) is 0.360. The molecule has 0 saturated carbocycles. The van der Waals surface area contributed by atoms with E-state index in [1.165, 1.54) is 25.1 Å². The van der Waals surface area contributed by atoms with Gasteiger partial charge in [-0.3, -0.25) is 24.5 Å². The number of non-ortho nitro benzene ring substituents is 1. The van der Waals surface area contributed by atoms with Crippen molar-refractivity contribution < 1.29 is 19.3 Å². The van der Waals surface area contributed by atoms with Gasteiger partial charge in [0.2, 0.25) is 11.8 Å². The molecule has 192 valence electrons. The minimum absolute atomic E-state index is 0.0769. The molecular weight excluding hydrogens is 500 g/mol. The number of nitro benzene ring substituents is 1. The van der Waals surface area contributed by atoms with Crippen LogP contribution >= 0.6 is 11.6 Å². The summed E-state index contributed by atoms with van der Waals surface area (Å²) in [6.07, 6.45) is 2.75. The Balaban J connectivity index is 1.29. The number of imidazole rings is 1. The summed E-state index contributed by atoms with van der Waals surface area (Å²) >= 11 is 6.14. The summed E-state index contributed by atoms with van der Waals surface area (Å²) in [5.41, 5.74) is 1.39. The molecule has 5 rings (SSSR count). The van der Waals surface area contributed by atoms with Gasteiger partial charge in [-0.1, -0.05) is 23.7 Å². The molecular formula is C25H25ClN6O5. The van der Waals surface area contributed by atoms with Crippen molar-refractivity contribution in [2.75, 3.05) is 0 Å². The van der Waals surface area contributed by atoms with E-state index < -0.39 is 16.9 Å². The molecule has 1 aromatic heterocycles. The zero-order valence-corrected chi connectivity index (χ0v) is 20.7. The van der Waals surface area contributed by atoms with Gasteiger partial charge in [0, 0.05) is 42.2 Å². The van der Waals surface area contributed by atoms with Gasteiger partial charge < -0.3 is 20.5 Å². The maximum Gasteiger partial charge on any atom is 0.287 e. The second-order valence-electron chi connectivity index (χ2n) is 9.50. The van der Waals surface area contributed by atoms with E-state index in [-0.39, 0.29) is 41.5 Å². The van der Waals surface area contributed by atoms with Crippen molar-refractivity contribution >= 4 is 46.0 Å². The Morgan fingerprint density at radius 3 is 2.54 bits per heavy atom. The maximum atomic E-state index is 13.6. The van der Waals surface area contributed by atoms with Crippen LogP contribution in [0.4, 0.5) is 5.69 Å². The number of nitro groups is 1.